The first-order chi connectivity index (χ1) is 11.6. The molecule has 1 fully saturated rings. The summed E-state index contributed by atoms with van der Waals surface area (Å²) in [5.41, 5.74) is 5.08. The molecule has 2 atom stereocenters. The SMILES string of the molecule is Cc1cc([C@@H]2NC(=O)c3ccccc3N2)c(C)n1C[C@H]1CCCO1. The average molecular weight is 325 g/mol. The van der Waals surface area contributed by atoms with Gasteiger partial charge in [0.05, 0.1) is 11.7 Å². The van der Waals surface area contributed by atoms with Gasteiger partial charge in [0.15, 0.2) is 0 Å². The molecule has 5 heteroatoms. The molecule has 0 bridgehead atoms. The Kier molecular flexibility index (Phi) is 3.81. The standard InChI is InChI=1S/C19H23N3O2/c1-12-10-16(13(2)22(12)11-14-6-5-9-24-14)18-20-17-8-4-3-7-15(17)19(23)21-18/h3-4,7-8,10,14,18,20H,5-6,9,11H2,1-2H3,(H,21,23)/t14-,18+/m1/s1. The highest BCUT2D eigenvalue weighted by molar-refractivity contribution is 6.01. The molecular weight excluding hydrogens is 302 g/mol. The number of hydrogen-bond acceptors (Lipinski definition) is 3. The van der Waals surface area contributed by atoms with Crippen molar-refractivity contribution < 1.29 is 9.53 Å². The number of aryl methyl sites for hydroxylation is 1. The maximum Gasteiger partial charge on any atom is 0.255 e. The molecule has 2 aliphatic rings. The van der Waals surface area contributed by atoms with Crippen LogP contribution in [0.3, 0.4) is 0 Å². The molecule has 2 aromatic rings. The van der Waals surface area contributed by atoms with Crippen molar-refractivity contribution in [3.63, 3.8) is 0 Å². The number of amides is 1. The zero-order valence-corrected chi connectivity index (χ0v) is 14.1. The normalized spacial score (nSPS) is 22.8. The van der Waals surface area contributed by atoms with Crippen LogP contribution in [0.1, 0.15) is 46.3 Å². The molecule has 1 amide bonds. The summed E-state index contributed by atoms with van der Waals surface area (Å²) in [7, 11) is 0. The first kappa shape index (κ1) is 15.3. The summed E-state index contributed by atoms with van der Waals surface area (Å²) in [6.45, 7) is 5.98. The van der Waals surface area contributed by atoms with Gasteiger partial charge in [0.2, 0.25) is 0 Å². The zero-order chi connectivity index (χ0) is 16.7. The minimum absolute atomic E-state index is 0.0294. The second kappa shape index (κ2) is 5.98. The Morgan fingerprint density at radius 2 is 2.08 bits per heavy atom. The van der Waals surface area contributed by atoms with Crippen molar-refractivity contribution in [2.75, 3.05) is 11.9 Å². The van der Waals surface area contributed by atoms with E-state index in [0.717, 1.165) is 37.2 Å². The third-order valence-electron chi connectivity index (χ3n) is 5.08. The maximum absolute atomic E-state index is 12.4. The number of benzene rings is 1. The number of nitrogens with one attached hydrogen (secondary N) is 2. The highest BCUT2D eigenvalue weighted by Crippen LogP contribution is 2.30. The fourth-order valence-corrected chi connectivity index (χ4v) is 3.76. The molecule has 0 radical (unpaired) electrons. The van der Waals surface area contributed by atoms with Crippen molar-refractivity contribution in [1.29, 1.82) is 0 Å². The van der Waals surface area contributed by atoms with Crippen molar-refractivity contribution in [1.82, 2.24) is 9.88 Å². The number of carbonyl (C=O) groups excluding carboxylic acids is 1. The van der Waals surface area contributed by atoms with Crippen LogP contribution in [-0.2, 0) is 11.3 Å². The van der Waals surface area contributed by atoms with E-state index in [1.807, 2.05) is 24.3 Å². The quantitative estimate of drug-likeness (QED) is 0.911. The molecule has 126 valence electrons. The van der Waals surface area contributed by atoms with Gasteiger partial charge in [-0.2, -0.15) is 0 Å². The summed E-state index contributed by atoms with van der Waals surface area (Å²) >= 11 is 0. The van der Waals surface area contributed by atoms with E-state index in [9.17, 15) is 4.79 Å². The topological polar surface area (TPSA) is 55.3 Å². The van der Waals surface area contributed by atoms with Crippen LogP contribution in [0.4, 0.5) is 5.69 Å². The second-order valence-corrected chi connectivity index (χ2v) is 6.67. The summed E-state index contributed by atoms with van der Waals surface area (Å²) < 4.78 is 8.08. The van der Waals surface area contributed by atoms with Crippen molar-refractivity contribution in [3.8, 4) is 0 Å². The van der Waals surface area contributed by atoms with Crippen molar-refractivity contribution >= 4 is 11.6 Å². The molecule has 5 nitrogen and oxygen atoms in total. The molecule has 0 spiro atoms. The number of hydrogen-bond donors (Lipinski definition) is 2. The molecule has 1 aromatic heterocycles. The van der Waals surface area contributed by atoms with Crippen molar-refractivity contribution in [2.45, 2.75) is 45.5 Å². The fraction of sp³-hybridized carbons (Fsp3) is 0.421. The lowest BCUT2D eigenvalue weighted by Gasteiger charge is -2.28. The minimum Gasteiger partial charge on any atom is -0.376 e. The van der Waals surface area contributed by atoms with Crippen LogP contribution >= 0.6 is 0 Å². The van der Waals surface area contributed by atoms with Gasteiger partial charge in [0.1, 0.15) is 6.17 Å². The smallest absolute Gasteiger partial charge is 0.255 e. The van der Waals surface area contributed by atoms with Crippen LogP contribution in [0.15, 0.2) is 30.3 Å². The molecule has 0 saturated carbocycles. The lowest BCUT2D eigenvalue weighted by atomic mass is 10.1. The predicted molar refractivity (Wildman–Crippen MR) is 93.2 cm³/mol. The average Bonchev–Trinajstić information content (AvgIpc) is 3.18. The summed E-state index contributed by atoms with van der Waals surface area (Å²) in [5.74, 6) is -0.0294. The molecular formula is C19H23N3O2. The number of anilines is 1. The van der Waals surface area contributed by atoms with Gasteiger partial charge in [-0.25, -0.2) is 0 Å². The van der Waals surface area contributed by atoms with Gasteiger partial charge >= 0.3 is 0 Å². The van der Waals surface area contributed by atoms with Crippen molar-refractivity contribution in [2.24, 2.45) is 0 Å². The zero-order valence-electron chi connectivity index (χ0n) is 14.1. The summed E-state index contributed by atoms with van der Waals surface area (Å²) in [6, 6.07) is 9.79. The van der Waals surface area contributed by atoms with E-state index >= 15 is 0 Å². The first-order valence-corrected chi connectivity index (χ1v) is 8.58. The molecule has 2 N–H and O–H groups in total. The molecule has 4 rings (SSSR count). The highest BCUT2D eigenvalue weighted by atomic mass is 16.5. The largest absolute Gasteiger partial charge is 0.376 e. The molecule has 0 unspecified atom stereocenters. The van der Waals surface area contributed by atoms with Crippen LogP contribution in [0.2, 0.25) is 0 Å². The van der Waals surface area contributed by atoms with E-state index in [1.165, 1.54) is 11.4 Å². The van der Waals surface area contributed by atoms with Crippen LogP contribution in [0.5, 0.6) is 0 Å². The van der Waals surface area contributed by atoms with Gasteiger partial charge in [-0.3, -0.25) is 4.79 Å². The molecule has 3 heterocycles. The fourth-order valence-electron chi connectivity index (χ4n) is 3.76. The van der Waals surface area contributed by atoms with E-state index in [1.54, 1.807) is 0 Å². The maximum atomic E-state index is 12.4. The third kappa shape index (κ3) is 2.59. The van der Waals surface area contributed by atoms with Gasteiger partial charge in [-0.1, -0.05) is 12.1 Å². The number of aromatic nitrogens is 1. The van der Waals surface area contributed by atoms with Gasteiger partial charge < -0.3 is 19.9 Å². The molecule has 1 aromatic carbocycles. The van der Waals surface area contributed by atoms with Crippen molar-refractivity contribution in [3.05, 3.63) is 52.8 Å². The Bertz CT molecular complexity index is 775. The summed E-state index contributed by atoms with van der Waals surface area (Å²) in [6.07, 6.45) is 2.38. The van der Waals surface area contributed by atoms with Crippen LogP contribution in [-0.4, -0.2) is 23.2 Å². The van der Waals surface area contributed by atoms with Crippen LogP contribution < -0.4 is 10.6 Å². The Morgan fingerprint density at radius 3 is 2.88 bits per heavy atom. The Labute approximate surface area is 142 Å². The predicted octanol–water partition coefficient (Wildman–Crippen LogP) is 3.14. The number of para-hydroxylation sites is 1. The van der Waals surface area contributed by atoms with Crippen LogP contribution in [0, 0.1) is 13.8 Å². The number of nitrogens with zero attached hydrogens (tertiary/aromatic N) is 1. The summed E-state index contributed by atoms with van der Waals surface area (Å²) in [4.78, 5) is 12.4. The van der Waals surface area contributed by atoms with E-state index in [4.69, 9.17) is 4.74 Å². The van der Waals surface area contributed by atoms with Gasteiger partial charge in [-0.15, -0.1) is 0 Å². The number of carbonyl (C=O) groups is 1. The molecule has 0 aliphatic carbocycles. The molecule has 1 saturated heterocycles. The second-order valence-electron chi connectivity index (χ2n) is 6.67. The highest BCUT2D eigenvalue weighted by Gasteiger charge is 2.27. The third-order valence-corrected chi connectivity index (χ3v) is 5.08. The number of rotatable bonds is 3. The van der Waals surface area contributed by atoms with E-state index in [2.05, 4.69) is 35.1 Å². The Balaban J connectivity index is 1.62. The van der Waals surface area contributed by atoms with Gasteiger partial charge in [0.25, 0.3) is 5.91 Å². The Morgan fingerprint density at radius 1 is 1.25 bits per heavy atom. The van der Waals surface area contributed by atoms with E-state index < -0.39 is 0 Å². The van der Waals surface area contributed by atoms with E-state index in [-0.39, 0.29) is 12.1 Å². The van der Waals surface area contributed by atoms with E-state index in [0.29, 0.717) is 11.7 Å². The van der Waals surface area contributed by atoms with Crippen LogP contribution in [0.25, 0.3) is 0 Å². The number of ether oxygens (including phenoxy) is 1. The minimum atomic E-state index is -0.197. The number of fused-ring (bicyclic) bond motifs is 1. The monoisotopic (exact) mass is 325 g/mol. The van der Waals surface area contributed by atoms with Gasteiger partial charge in [-0.05, 0) is 44.9 Å². The molecule has 2 aliphatic heterocycles. The molecule has 24 heavy (non-hydrogen) atoms. The lowest BCUT2D eigenvalue weighted by Crippen LogP contribution is -2.38. The lowest BCUT2D eigenvalue weighted by molar-refractivity contribution is 0.0933. The van der Waals surface area contributed by atoms with Gasteiger partial charge in [0, 0.05) is 35.8 Å². The first-order valence-electron chi connectivity index (χ1n) is 8.58. The summed E-state index contributed by atoms with van der Waals surface area (Å²) in [5, 5.41) is 6.51. The Hall–Kier alpha value is -2.27.